The SMILES string of the molecule is O=C(NCc1ccc(N2CCCC2=O)cc1)c1ccc(COc2ccc(F)cc2)o1. The van der Waals surface area contributed by atoms with Gasteiger partial charge in [0.2, 0.25) is 5.91 Å². The lowest BCUT2D eigenvalue weighted by Gasteiger charge is -2.16. The number of furan rings is 1. The molecule has 0 aliphatic carbocycles. The summed E-state index contributed by atoms with van der Waals surface area (Å²) >= 11 is 0. The van der Waals surface area contributed by atoms with Crippen LogP contribution in [0.1, 0.15) is 34.7 Å². The van der Waals surface area contributed by atoms with Crippen LogP contribution in [0.2, 0.25) is 0 Å². The first-order chi connectivity index (χ1) is 14.6. The van der Waals surface area contributed by atoms with E-state index in [1.165, 1.54) is 24.3 Å². The van der Waals surface area contributed by atoms with Gasteiger partial charge in [0, 0.05) is 25.2 Å². The summed E-state index contributed by atoms with van der Waals surface area (Å²) in [7, 11) is 0. The van der Waals surface area contributed by atoms with E-state index in [0.29, 0.717) is 24.5 Å². The summed E-state index contributed by atoms with van der Waals surface area (Å²) in [6, 6.07) is 16.5. The molecule has 0 atom stereocenters. The summed E-state index contributed by atoms with van der Waals surface area (Å²) in [5, 5.41) is 2.81. The predicted octanol–water partition coefficient (Wildman–Crippen LogP) is 4.05. The van der Waals surface area contributed by atoms with E-state index in [2.05, 4.69) is 5.32 Å². The standard InChI is InChI=1S/C23H21FN2O4/c24-17-5-9-19(10-6-17)29-15-20-11-12-21(30-20)23(28)25-14-16-3-7-18(8-4-16)26-13-1-2-22(26)27/h3-12H,1-2,13-15H2,(H,25,28). The molecule has 0 saturated carbocycles. The summed E-state index contributed by atoms with van der Waals surface area (Å²) in [6.45, 7) is 1.23. The molecule has 1 aliphatic rings. The molecule has 0 bridgehead atoms. The third-order valence-corrected chi connectivity index (χ3v) is 4.85. The molecule has 1 aromatic heterocycles. The van der Waals surface area contributed by atoms with Gasteiger partial charge in [-0.1, -0.05) is 12.1 Å². The monoisotopic (exact) mass is 408 g/mol. The third-order valence-electron chi connectivity index (χ3n) is 4.85. The lowest BCUT2D eigenvalue weighted by atomic mass is 10.2. The number of amides is 2. The first-order valence-electron chi connectivity index (χ1n) is 9.73. The molecule has 6 nitrogen and oxygen atoms in total. The number of anilines is 1. The highest BCUT2D eigenvalue weighted by Crippen LogP contribution is 2.21. The Morgan fingerprint density at radius 3 is 2.53 bits per heavy atom. The molecule has 1 fully saturated rings. The topological polar surface area (TPSA) is 71.8 Å². The minimum atomic E-state index is -0.335. The third kappa shape index (κ3) is 4.68. The smallest absolute Gasteiger partial charge is 0.287 e. The van der Waals surface area contributed by atoms with Crippen molar-refractivity contribution >= 4 is 17.5 Å². The van der Waals surface area contributed by atoms with E-state index in [0.717, 1.165) is 24.2 Å². The molecule has 1 aliphatic heterocycles. The lowest BCUT2D eigenvalue weighted by Crippen LogP contribution is -2.24. The minimum Gasteiger partial charge on any atom is -0.486 e. The quantitative estimate of drug-likeness (QED) is 0.640. The Hall–Kier alpha value is -3.61. The van der Waals surface area contributed by atoms with Gasteiger partial charge in [-0.2, -0.15) is 0 Å². The zero-order chi connectivity index (χ0) is 20.9. The molecule has 3 aromatic rings. The fourth-order valence-corrected chi connectivity index (χ4v) is 3.25. The van der Waals surface area contributed by atoms with Crippen molar-refractivity contribution in [1.29, 1.82) is 0 Å². The van der Waals surface area contributed by atoms with Gasteiger partial charge >= 0.3 is 0 Å². The lowest BCUT2D eigenvalue weighted by molar-refractivity contribution is -0.117. The Morgan fingerprint density at radius 1 is 1.07 bits per heavy atom. The fraction of sp³-hybridized carbons (Fsp3) is 0.217. The molecular formula is C23H21FN2O4. The van der Waals surface area contributed by atoms with E-state index in [9.17, 15) is 14.0 Å². The Kier molecular flexibility index (Phi) is 5.79. The number of carbonyl (C=O) groups is 2. The van der Waals surface area contributed by atoms with Crippen molar-refractivity contribution < 1.29 is 23.1 Å². The van der Waals surface area contributed by atoms with Crippen molar-refractivity contribution in [2.24, 2.45) is 0 Å². The van der Waals surface area contributed by atoms with E-state index >= 15 is 0 Å². The summed E-state index contributed by atoms with van der Waals surface area (Å²) in [5.41, 5.74) is 1.80. The fourth-order valence-electron chi connectivity index (χ4n) is 3.25. The van der Waals surface area contributed by atoms with Crippen LogP contribution in [0, 0.1) is 5.82 Å². The molecule has 4 rings (SSSR count). The van der Waals surface area contributed by atoms with Crippen LogP contribution in [0.5, 0.6) is 5.75 Å². The average Bonchev–Trinajstić information content (AvgIpc) is 3.41. The first-order valence-corrected chi connectivity index (χ1v) is 9.73. The number of carbonyl (C=O) groups excluding carboxylic acids is 2. The van der Waals surface area contributed by atoms with Crippen LogP contribution < -0.4 is 15.0 Å². The zero-order valence-electron chi connectivity index (χ0n) is 16.3. The van der Waals surface area contributed by atoms with E-state index in [1.807, 2.05) is 24.3 Å². The van der Waals surface area contributed by atoms with E-state index < -0.39 is 0 Å². The molecule has 30 heavy (non-hydrogen) atoms. The van der Waals surface area contributed by atoms with Gasteiger partial charge in [-0.25, -0.2) is 4.39 Å². The van der Waals surface area contributed by atoms with Crippen LogP contribution >= 0.6 is 0 Å². The zero-order valence-corrected chi connectivity index (χ0v) is 16.3. The summed E-state index contributed by atoms with van der Waals surface area (Å²) < 4.78 is 23.9. The second kappa shape index (κ2) is 8.82. The van der Waals surface area contributed by atoms with E-state index in [4.69, 9.17) is 9.15 Å². The summed E-state index contributed by atoms with van der Waals surface area (Å²) in [6.07, 6.45) is 1.48. The van der Waals surface area contributed by atoms with Crippen LogP contribution in [0.3, 0.4) is 0 Å². The van der Waals surface area contributed by atoms with Crippen LogP contribution in [0.15, 0.2) is 65.1 Å². The van der Waals surface area contributed by atoms with Crippen molar-refractivity contribution in [3.8, 4) is 5.75 Å². The highest BCUT2D eigenvalue weighted by molar-refractivity contribution is 5.95. The molecule has 0 spiro atoms. The van der Waals surface area contributed by atoms with Gasteiger partial charge in [0.05, 0.1) is 0 Å². The highest BCUT2D eigenvalue weighted by atomic mass is 19.1. The maximum absolute atomic E-state index is 12.9. The van der Waals surface area contributed by atoms with Gasteiger partial charge in [0.25, 0.3) is 5.91 Å². The van der Waals surface area contributed by atoms with Crippen LogP contribution in [-0.4, -0.2) is 18.4 Å². The molecule has 7 heteroatoms. The average molecular weight is 408 g/mol. The van der Waals surface area contributed by atoms with Crippen molar-refractivity contribution in [2.45, 2.75) is 26.0 Å². The van der Waals surface area contributed by atoms with Gasteiger partial charge in [-0.3, -0.25) is 9.59 Å². The highest BCUT2D eigenvalue weighted by Gasteiger charge is 2.21. The van der Waals surface area contributed by atoms with Crippen molar-refractivity contribution in [2.75, 3.05) is 11.4 Å². The minimum absolute atomic E-state index is 0.135. The predicted molar refractivity (Wildman–Crippen MR) is 109 cm³/mol. The second-order valence-electron chi connectivity index (χ2n) is 7.01. The maximum Gasteiger partial charge on any atom is 0.287 e. The second-order valence-corrected chi connectivity index (χ2v) is 7.01. The van der Waals surface area contributed by atoms with E-state index in [-0.39, 0.29) is 30.0 Å². The van der Waals surface area contributed by atoms with Crippen LogP contribution in [-0.2, 0) is 17.9 Å². The van der Waals surface area contributed by atoms with E-state index in [1.54, 1.807) is 17.0 Å². The number of rotatable bonds is 7. The molecule has 2 amide bonds. The van der Waals surface area contributed by atoms with Crippen LogP contribution in [0.4, 0.5) is 10.1 Å². The molecule has 2 aromatic carbocycles. The number of nitrogens with one attached hydrogen (secondary N) is 1. The number of hydrogen-bond donors (Lipinski definition) is 1. The van der Waals surface area contributed by atoms with Gasteiger partial charge in [0.15, 0.2) is 5.76 Å². The maximum atomic E-state index is 12.9. The van der Waals surface area contributed by atoms with Gasteiger partial charge < -0.3 is 19.4 Å². The van der Waals surface area contributed by atoms with Gasteiger partial charge in [-0.05, 0) is 60.5 Å². The van der Waals surface area contributed by atoms with Crippen LogP contribution in [0.25, 0.3) is 0 Å². The van der Waals surface area contributed by atoms with Crippen molar-refractivity contribution in [1.82, 2.24) is 5.32 Å². The summed E-state index contributed by atoms with van der Waals surface area (Å²) in [5.74, 6) is 0.669. The molecule has 1 saturated heterocycles. The molecular weight excluding hydrogens is 387 g/mol. The molecule has 0 radical (unpaired) electrons. The first kappa shape index (κ1) is 19.7. The van der Waals surface area contributed by atoms with Crippen molar-refractivity contribution in [3.05, 3.63) is 83.6 Å². The number of hydrogen-bond acceptors (Lipinski definition) is 4. The number of nitrogens with zero attached hydrogens (tertiary/aromatic N) is 1. The molecule has 2 heterocycles. The van der Waals surface area contributed by atoms with Gasteiger partial charge in [0.1, 0.15) is 23.9 Å². The number of benzene rings is 2. The molecule has 154 valence electrons. The molecule has 0 unspecified atom stereocenters. The van der Waals surface area contributed by atoms with Crippen molar-refractivity contribution in [3.63, 3.8) is 0 Å². The summed E-state index contributed by atoms with van der Waals surface area (Å²) in [4.78, 5) is 25.9. The number of halogens is 1. The Labute approximate surface area is 173 Å². The Balaban J connectivity index is 1.28. The molecule has 1 N–H and O–H groups in total. The normalized spacial score (nSPS) is 13.5. The largest absolute Gasteiger partial charge is 0.486 e. The Morgan fingerprint density at radius 2 is 1.83 bits per heavy atom. The number of ether oxygens (including phenoxy) is 1. The Bertz CT molecular complexity index is 1030. The van der Waals surface area contributed by atoms with Gasteiger partial charge in [-0.15, -0.1) is 0 Å².